The van der Waals surface area contributed by atoms with Crippen LogP contribution in [-0.2, 0) is 12.6 Å². The standard InChI is InChI=1S/C15H13ClF3NO/c16-14-12(15(17,18)19)2-1-3-13(14)21-11-6-4-10(5-7-11)8-9-20/h1-7H,8-9,20H2. The molecule has 2 N–H and O–H groups in total. The summed E-state index contributed by atoms with van der Waals surface area (Å²) in [6.45, 7) is 0.527. The Hall–Kier alpha value is -1.72. The summed E-state index contributed by atoms with van der Waals surface area (Å²) in [6, 6.07) is 10.5. The zero-order valence-electron chi connectivity index (χ0n) is 11.0. The Balaban J connectivity index is 2.23. The number of halogens is 4. The Morgan fingerprint density at radius 2 is 1.71 bits per heavy atom. The van der Waals surface area contributed by atoms with Gasteiger partial charge in [0.2, 0.25) is 0 Å². The largest absolute Gasteiger partial charge is 0.456 e. The van der Waals surface area contributed by atoms with Gasteiger partial charge in [0.15, 0.2) is 0 Å². The van der Waals surface area contributed by atoms with E-state index in [9.17, 15) is 13.2 Å². The summed E-state index contributed by atoms with van der Waals surface area (Å²) < 4.78 is 43.7. The topological polar surface area (TPSA) is 35.2 Å². The molecule has 0 heterocycles. The quantitative estimate of drug-likeness (QED) is 0.891. The average molecular weight is 316 g/mol. The van der Waals surface area contributed by atoms with Crippen molar-refractivity contribution < 1.29 is 17.9 Å². The summed E-state index contributed by atoms with van der Waals surface area (Å²) in [5, 5.41) is -0.448. The van der Waals surface area contributed by atoms with E-state index in [1.165, 1.54) is 12.1 Å². The van der Waals surface area contributed by atoms with E-state index < -0.39 is 16.8 Å². The fraction of sp³-hybridized carbons (Fsp3) is 0.200. The van der Waals surface area contributed by atoms with E-state index in [0.717, 1.165) is 18.1 Å². The Morgan fingerprint density at radius 3 is 2.29 bits per heavy atom. The van der Waals surface area contributed by atoms with Gasteiger partial charge >= 0.3 is 6.18 Å². The van der Waals surface area contributed by atoms with E-state index in [0.29, 0.717) is 12.3 Å². The van der Waals surface area contributed by atoms with Crippen molar-refractivity contribution in [3.05, 3.63) is 58.6 Å². The van der Waals surface area contributed by atoms with Crippen LogP contribution in [0.25, 0.3) is 0 Å². The summed E-state index contributed by atoms with van der Waals surface area (Å²) in [4.78, 5) is 0. The second-order valence-electron chi connectivity index (χ2n) is 4.40. The Morgan fingerprint density at radius 1 is 1.05 bits per heavy atom. The maximum atomic E-state index is 12.8. The van der Waals surface area contributed by atoms with Gasteiger partial charge in [-0.25, -0.2) is 0 Å². The highest BCUT2D eigenvalue weighted by molar-refractivity contribution is 6.32. The molecule has 0 bridgehead atoms. The molecule has 0 fully saturated rings. The minimum atomic E-state index is -4.51. The van der Waals surface area contributed by atoms with E-state index in [2.05, 4.69) is 0 Å². The van der Waals surface area contributed by atoms with Crippen LogP contribution in [0.2, 0.25) is 5.02 Å². The lowest BCUT2D eigenvalue weighted by Gasteiger charge is -2.13. The molecule has 0 aliphatic heterocycles. The Labute approximate surface area is 125 Å². The zero-order chi connectivity index (χ0) is 15.5. The first-order chi connectivity index (χ1) is 9.91. The average Bonchev–Trinajstić information content (AvgIpc) is 2.42. The molecule has 0 radical (unpaired) electrons. The van der Waals surface area contributed by atoms with Gasteiger partial charge < -0.3 is 10.5 Å². The first-order valence-corrected chi connectivity index (χ1v) is 6.62. The first kappa shape index (κ1) is 15.7. The van der Waals surface area contributed by atoms with Crippen molar-refractivity contribution in [3.63, 3.8) is 0 Å². The van der Waals surface area contributed by atoms with Gasteiger partial charge in [0, 0.05) is 0 Å². The lowest BCUT2D eigenvalue weighted by molar-refractivity contribution is -0.137. The Bertz CT molecular complexity index is 611. The lowest BCUT2D eigenvalue weighted by Crippen LogP contribution is -2.06. The molecule has 0 spiro atoms. The summed E-state index contributed by atoms with van der Waals surface area (Å²) in [6.07, 6.45) is -3.79. The van der Waals surface area contributed by atoms with Gasteiger partial charge in [-0.3, -0.25) is 0 Å². The second kappa shape index (κ2) is 6.37. The van der Waals surface area contributed by atoms with Crippen molar-refractivity contribution in [2.24, 2.45) is 5.73 Å². The molecule has 0 amide bonds. The first-order valence-electron chi connectivity index (χ1n) is 6.24. The van der Waals surface area contributed by atoms with Crippen LogP contribution in [0.3, 0.4) is 0 Å². The normalized spacial score (nSPS) is 11.5. The van der Waals surface area contributed by atoms with Crippen LogP contribution in [0, 0.1) is 0 Å². The van der Waals surface area contributed by atoms with Crippen LogP contribution < -0.4 is 10.5 Å². The molecule has 6 heteroatoms. The molecule has 2 aromatic carbocycles. The zero-order valence-corrected chi connectivity index (χ0v) is 11.7. The van der Waals surface area contributed by atoms with Gasteiger partial charge in [-0.15, -0.1) is 0 Å². The fourth-order valence-electron chi connectivity index (χ4n) is 1.83. The number of nitrogens with two attached hydrogens (primary N) is 1. The van der Waals surface area contributed by atoms with Gasteiger partial charge in [0.1, 0.15) is 11.5 Å². The third kappa shape index (κ3) is 3.89. The highest BCUT2D eigenvalue weighted by Gasteiger charge is 2.34. The van der Waals surface area contributed by atoms with Gasteiger partial charge in [0.25, 0.3) is 0 Å². The Kier molecular flexibility index (Phi) is 4.75. The number of hydrogen-bond donors (Lipinski definition) is 1. The molecule has 0 atom stereocenters. The van der Waals surface area contributed by atoms with Crippen LogP contribution in [0.4, 0.5) is 13.2 Å². The molecule has 0 saturated heterocycles. The molecular formula is C15H13ClF3NO. The van der Waals surface area contributed by atoms with Gasteiger partial charge in [-0.2, -0.15) is 13.2 Å². The van der Waals surface area contributed by atoms with Crippen LogP contribution >= 0.6 is 11.6 Å². The monoisotopic (exact) mass is 315 g/mol. The summed E-state index contributed by atoms with van der Waals surface area (Å²) in [5.74, 6) is 0.384. The van der Waals surface area contributed by atoms with Crippen molar-refractivity contribution >= 4 is 11.6 Å². The highest BCUT2D eigenvalue weighted by Crippen LogP contribution is 2.40. The second-order valence-corrected chi connectivity index (χ2v) is 4.78. The van der Waals surface area contributed by atoms with E-state index in [1.807, 2.05) is 12.1 Å². The predicted molar refractivity (Wildman–Crippen MR) is 75.7 cm³/mol. The maximum Gasteiger partial charge on any atom is 0.417 e. The van der Waals surface area contributed by atoms with Crippen molar-refractivity contribution in [1.82, 2.24) is 0 Å². The SMILES string of the molecule is NCCc1ccc(Oc2cccc(C(F)(F)F)c2Cl)cc1. The van der Waals surface area contributed by atoms with Crippen LogP contribution in [-0.4, -0.2) is 6.54 Å². The molecule has 21 heavy (non-hydrogen) atoms. The smallest absolute Gasteiger partial charge is 0.417 e. The third-order valence-corrected chi connectivity index (χ3v) is 3.24. The highest BCUT2D eigenvalue weighted by atomic mass is 35.5. The van der Waals surface area contributed by atoms with Crippen LogP contribution in [0.1, 0.15) is 11.1 Å². The fourth-order valence-corrected chi connectivity index (χ4v) is 2.10. The molecule has 0 aliphatic rings. The molecule has 2 nitrogen and oxygen atoms in total. The lowest BCUT2D eigenvalue weighted by atomic mass is 10.1. The minimum Gasteiger partial charge on any atom is -0.456 e. The molecule has 2 rings (SSSR count). The predicted octanol–water partition coefficient (Wildman–Crippen LogP) is 4.65. The van der Waals surface area contributed by atoms with Crippen molar-refractivity contribution in [2.75, 3.05) is 6.54 Å². The molecule has 0 saturated carbocycles. The van der Waals surface area contributed by atoms with Crippen LogP contribution in [0.5, 0.6) is 11.5 Å². The number of rotatable bonds is 4. The molecule has 0 unspecified atom stereocenters. The van der Waals surface area contributed by atoms with Crippen molar-refractivity contribution in [1.29, 1.82) is 0 Å². The summed E-state index contributed by atoms with van der Waals surface area (Å²) >= 11 is 5.76. The molecular weight excluding hydrogens is 303 g/mol. The number of benzene rings is 2. The van der Waals surface area contributed by atoms with E-state index >= 15 is 0 Å². The molecule has 112 valence electrons. The van der Waals surface area contributed by atoms with Gasteiger partial charge in [-0.1, -0.05) is 29.8 Å². The maximum absolute atomic E-state index is 12.8. The minimum absolute atomic E-state index is 0.0296. The molecule has 0 aliphatic carbocycles. The van der Waals surface area contributed by atoms with E-state index in [1.54, 1.807) is 12.1 Å². The summed E-state index contributed by atoms with van der Waals surface area (Å²) in [5.41, 5.74) is 5.56. The number of alkyl halides is 3. The summed E-state index contributed by atoms with van der Waals surface area (Å²) in [7, 11) is 0. The molecule has 2 aromatic rings. The molecule has 0 aromatic heterocycles. The third-order valence-electron chi connectivity index (χ3n) is 2.85. The van der Waals surface area contributed by atoms with Crippen molar-refractivity contribution in [3.8, 4) is 11.5 Å². The van der Waals surface area contributed by atoms with E-state index in [4.69, 9.17) is 22.1 Å². The number of ether oxygens (including phenoxy) is 1. The van der Waals surface area contributed by atoms with Gasteiger partial charge in [0.05, 0.1) is 10.6 Å². The number of hydrogen-bond acceptors (Lipinski definition) is 2. The van der Waals surface area contributed by atoms with Gasteiger partial charge in [-0.05, 0) is 42.8 Å². The van der Waals surface area contributed by atoms with Crippen molar-refractivity contribution in [2.45, 2.75) is 12.6 Å². The van der Waals surface area contributed by atoms with E-state index in [-0.39, 0.29) is 5.75 Å². The van der Waals surface area contributed by atoms with Crippen LogP contribution in [0.15, 0.2) is 42.5 Å².